The van der Waals surface area contributed by atoms with Gasteiger partial charge in [0, 0.05) is 29.8 Å². The molecule has 0 bridgehead atoms. The van der Waals surface area contributed by atoms with Gasteiger partial charge in [-0.05, 0) is 49.2 Å². The molecule has 0 saturated heterocycles. The highest BCUT2D eigenvalue weighted by molar-refractivity contribution is 6.06. The van der Waals surface area contributed by atoms with Gasteiger partial charge in [0.2, 0.25) is 11.8 Å². The summed E-state index contributed by atoms with van der Waals surface area (Å²) in [6.45, 7) is 1.34. The molecular weight excluding hydrogens is 337 g/mol. The third-order valence-corrected chi connectivity index (χ3v) is 3.88. The maximum absolute atomic E-state index is 13.9. The molecule has 0 aromatic heterocycles. The molecule has 0 radical (unpaired) electrons. The number of anilines is 3. The fraction of sp³-hybridized carbons (Fsp3) is 0.211. The number of halogens is 1. The summed E-state index contributed by atoms with van der Waals surface area (Å²) in [6.07, 6.45) is 1.77. The summed E-state index contributed by atoms with van der Waals surface area (Å²) in [4.78, 5) is 35.3. The molecule has 0 heterocycles. The van der Waals surface area contributed by atoms with Crippen molar-refractivity contribution in [2.45, 2.75) is 19.8 Å². The molecule has 6 nitrogen and oxygen atoms in total. The van der Waals surface area contributed by atoms with Crippen LogP contribution in [0.15, 0.2) is 42.5 Å². The van der Waals surface area contributed by atoms with Crippen LogP contribution >= 0.6 is 0 Å². The van der Waals surface area contributed by atoms with Crippen LogP contribution in [0.1, 0.15) is 30.1 Å². The Balaban J connectivity index is 1.73. The average Bonchev–Trinajstić information content (AvgIpc) is 3.42. The third-order valence-electron chi connectivity index (χ3n) is 3.88. The minimum Gasteiger partial charge on any atom is -0.326 e. The quantitative estimate of drug-likeness (QED) is 0.768. The summed E-state index contributed by atoms with van der Waals surface area (Å²) in [5.41, 5.74) is 1.12. The van der Waals surface area contributed by atoms with Crippen LogP contribution in [0.4, 0.5) is 21.5 Å². The second kappa shape index (κ2) is 7.35. The highest BCUT2D eigenvalue weighted by Gasteiger charge is 2.29. The summed E-state index contributed by atoms with van der Waals surface area (Å²) >= 11 is 0. The van der Waals surface area contributed by atoms with Crippen LogP contribution in [0.2, 0.25) is 0 Å². The van der Waals surface area contributed by atoms with E-state index in [1.54, 1.807) is 18.2 Å². The van der Waals surface area contributed by atoms with Gasteiger partial charge in [0.25, 0.3) is 5.91 Å². The fourth-order valence-electron chi connectivity index (χ4n) is 2.42. The number of carbonyl (C=O) groups excluding carboxylic acids is 3. The Morgan fingerprint density at radius 3 is 2.38 bits per heavy atom. The van der Waals surface area contributed by atoms with Crippen molar-refractivity contribution in [3.63, 3.8) is 0 Å². The molecule has 7 heteroatoms. The Labute approximate surface area is 149 Å². The molecule has 3 N–H and O–H groups in total. The van der Waals surface area contributed by atoms with Gasteiger partial charge in [0.1, 0.15) is 5.82 Å². The van der Waals surface area contributed by atoms with Gasteiger partial charge in [0.05, 0.1) is 5.69 Å². The van der Waals surface area contributed by atoms with E-state index in [-0.39, 0.29) is 29.0 Å². The maximum atomic E-state index is 13.9. The van der Waals surface area contributed by atoms with Gasteiger partial charge < -0.3 is 16.0 Å². The van der Waals surface area contributed by atoms with Crippen LogP contribution in [0.5, 0.6) is 0 Å². The number of hydrogen-bond donors (Lipinski definition) is 3. The lowest BCUT2D eigenvalue weighted by atomic mass is 10.1. The first kappa shape index (κ1) is 17.6. The van der Waals surface area contributed by atoms with E-state index in [9.17, 15) is 18.8 Å². The molecule has 3 amide bonds. The Morgan fingerprint density at radius 1 is 0.962 bits per heavy atom. The summed E-state index contributed by atoms with van der Waals surface area (Å²) < 4.78 is 13.9. The molecule has 3 rings (SSSR count). The van der Waals surface area contributed by atoms with Crippen molar-refractivity contribution in [2.24, 2.45) is 5.92 Å². The normalized spacial score (nSPS) is 13.0. The van der Waals surface area contributed by atoms with Gasteiger partial charge >= 0.3 is 0 Å². The third kappa shape index (κ3) is 4.44. The van der Waals surface area contributed by atoms with Crippen molar-refractivity contribution >= 4 is 34.8 Å². The molecule has 2 aromatic carbocycles. The summed E-state index contributed by atoms with van der Waals surface area (Å²) in [7, 11) is 0. The van der Waals surface area contributed by atoms with E-state index in [0.717, 1.165) is 18.9 Å². The zero-order valence-electron chi connectivity index (χ0n) is 14.1. The van der Waals surface area contributed by atoms with E-state index in [4.69, 9.17) is 0 Å². The van der Waals surface area contributed by atoms with Crippen LogP contribution < -0.4 is 16.0 Å². The monoisotopic (exact) mass is 355 g/mol. The largest absolute Gasteiger partial charge is 0.326 e. The average molecular weight is 355 g/mol. The smallest absolute Gasteiger partial charge is 0.255 e. The van der Waals surface area contributed by atoms with E-state index in [1.807, 2.05) is 0 Å². The van der Waals surface area contributed by atoms with Gasteiger partial charge in [-0.15, -0.1) is 0 Å². The lowest BCUT2D eigenvalue weighted by Crippen LogP contribution is -2.16. The molecule has 2 aromatic rings. The topological polar surface area (TPSA) is 87.3 Å². The van der Waals surface area contributed by atoms with E-state index in [1.165, 1.54) is 25.1 Å². The molecular formula is C19H18FN3O3. The van der Waals surface area contributed by atoms with Crippen LogP contribution in [-0.4, -0.2) is 17.7 Å². The first-order valence-electron chi connectivity index (χ1n) is 8.22. The minimum absolute atomic E-state index is 0.0475. The highest BCUT2D eigenvalue weighted by Crippen LogP contribution is 2.30. The highest BCUT2D eigenvalue weighted by atomic mass is 19.1. The molecule has 0 spiro atoms. The lowest BCUT2D eigenvalue weighted by Gasteiger charge is -2.10. The molecule has 1 aliphatic carbocycles. The number of amides is 3. The van der Waals surface area contributed by atoms with Gasteiger partial charge in [-0.25, -0.2) is 4.39 Å². The van der Waals surface area contributed by atoms with E-state index in [2.05, 4.69) is 16.0 Å². The second-order valence-electron chi connectivity index (χ2n) is 6.17. The van der Waals surface area contributed by atoms with E-state index >= 15 is 0 Å². The summed E-state index contributed by atoms with van der Waals surface area (Å²) in [6, 6.07) is 10.3. The molecule has 1 fully saturated rings. The molecule has 0 aliphatic heterocycles. The van der Waals surface area contributed by atoms with Crippen LogP contribution in [0.3, 0.4) is 0 Å². The molecule has 1 aliphatic rings. The number of benzene rings is 2. The zero-order valence-corrected chi connectivity index (χ0v) is 14.1. The molecule has 1 saturated carbocycles. The molecule has 0 atom stereocenters. The SMILES string of the molecule is CC(=O)Nc1ccc(F)c(NC(=O)c2cccc(NC(=O)C3CC3)c2)c1. The Morgan fingerprint density at radius 2 is 1.69 bits per heavy atom. The Hall–Kier alpha value is -3.22. The number of carbonyl (C=O) groups is 3. The van der Waals surface area contributed by atoms with Crippen molar-refractivity contribution in [1.29, 1.82) is 0 Å². The standard InChI is InChI=1S/C19H18FN3O3/c1-11(24)21-15-7-8-16(20)17(10-15)23-19(26)13-3-2-4-14(9-13)22-18(25)12-5-6-12/h2-4,7-10,12H,5-6H2,1H3,(H,21,24)(H,22,25)(H,23,26). The van der Waals surface area contributed by atoms with Crippen molar-refractivity contribution < 1.29 is 18.8 Å². The van der Waals surface area contributed by atoms with Gasteiger partial charge in [-0.2, -0.15) is 0 Å². The summed E-state index contributed by atoms with van der Waals surface area (Å²) in [5, 5.41) is 7.77. The van der Waals surface area contributed by atoms with Gasteiger partial charge in [-0.3, -0.25) is 14.4 Å². The van der Waals surface area contributed by atoms with Crippen molar-refractivity contribution in [2.75, 3.05) is 16.0 Å². The van der Waals surface area contributed by atoms with Gasteiger partial charge in [-0.1, -0.05) is 6.07 Å². The maximum Gasteiger partial charge on any atom is 0.255 e. The predicted molar refractivity (Wildman–Crippen MR) is 96.5 cm³/mol. The van der Waals surface area contributed by atoms with Crippen molar-refractivity contribution in [3.8, 4) is 0 Å². The van der Waals surface area contributed by atoms with Crippen LogP contribution in [0.25, 0.3) is 0 Å². The minimum atomic E-state index is -0.620. The molecule has 134 valence electrons. The van der Waals surface area contributed by atoms with E-state index < -0.39 is 11.7 Å². The summed E-state index contributed by atoms with van der Waals surface area (Å²) in [5.74, 6) is -1.44. The number of nitrogens with one attached hydrogen (secondary N) is 3. The molecule has 26 heavy (non-hydrogen) atoms. The second-order valence-corrected chi connectivity index (χ2v) is 6.17. The van der Waals surface area contributed by atoms with Crippen LogP contribution in [-0.2, 0) is 9.59 Å². The Kier molecular flexibility index (Phi) is 4.97. The van der Waals surface area contributed by atoms with Crippen LogP contribution in [0, 0.1) is 11.7 Å². The predicted octanol–water partition coefficient (Wildman–Crippen LogP) is 3.38. The lowest BCUT2D eigenvalue weighted by molar-refractivity contribution is -0.117. The van der Waals surface area contributed by atoms with Crippen molar-refractivity contribution in [3.05, 3.63) is 53.8 Å². The number of rotatable bonds is 5. The Bertz CT molecular complexity index is 878. The van der Waals surface area contributed by atoms with E-state index in [0.29, 0.717) is 11.4 Å². The van der Waals surface area contributed by atoms with Crippen molar-refractivity contribution in [1.82, 2.24) is 0 Å². The fourth-order valence-corrected chi connectivity index (χ4v) is 2.42. The zero-order chi connectivity index (χ0) is 18.7. The van der Waals surface area contributed by atoms with Gasteiger partial charge in [0.15, 0.2) is 0 Å². The first-order valence-corrected chi connectivity index (χ1v) is 8.22. The first-order chi connectivity index (χ1) is 12.4. The molecule has 0 unspecified atom stereocenters. The number of hydrogen-bond acceptors (Lipinski definition) is 3.